The predicted molar refractivity (Wildman–Crippen MR) is 119 cm³/mol. The van der Waals surface area contributed by atoms with Crippen molar-refractivity contribution < 1.29 is 28.8 Å². The molecular weight excluding hydrogens is 434 g/mol. The summed E-state index contributed by atoms with van der Waals surface area (Å²) in [6, 6.07) is 8.05. The molecule has 7 N–H and O–H groups in total. The number of non-ortho nitro benzene ring substituents is 1. The monoisotopic (exact) mass is 459 g/mol. The fourth-order valence-electron chi connectivity index (χ4n) is 2.86. The molecule has 0 radical (unpaired) electrons. The fourth-order valence-corrected chi connectivity index (χ4v) is 2.86. The summed E-state index contributed by atoms with van der Waals surface area (Å²) in [6.45, 7) is 1.84. The smallest absolute Gasteiger partial charge is 0.395 e. The Morgan fingerprint density at radius 2 is 1.70 bits per heavy atom. The summed E-state index contributed by atoms with van der Waals surface area (Å²) < 4.78 is 10.3. The summed E-state index contributed by atoms with van der Waals surface area (Å²) in [5, 5.41) is 13.7. The quantitative estimate of drug-likeness (QED) is 0.166. The van der Waals surface area contributed by atoms with Crippen molar-refractivity contribution in [1.29, 1.82) is 0 Å². The molecule has 2 amide bonds. The van der Waals surface area contributed by atoms with Crippen LogP contribution in [0.2, 0.25) is 0 Å². The highest BCUT2D eigenvalue weighted by atomic mass is 16.7. The van der Waals surface area contributed by atoms with Gasteiger partial charge in [0.1, 0.15) is 17.5 Å². The Hall–Kier alpha value is -4.19. The van der Waals surface area contributed by atoms with Crippen LogP contribution in [-0.2, 0) is 16.0 Å². The molecule has 0 saturated heterocycles. The van der Waals surface area contributed by atoms with Gasteiger partial charge in [-0.05, 0) is 55.2 Å². The van der Waals surface area contributed by atoms with Gasteiger partial charge in [-0.1, -0.05) is 6.92 Å². The molecule has 0 aromatic heterocycles. The molecule has 1 unspecified atom stereocenters. The number of rotatable bonds is 11. The van der Waals surface area contributed by atoms with Crippen LogP contribution in [0.3, 0.4) is 0 Å². The van der Waals surface area contributed by atoms with Gasteiger partial charge in [-0.3, -0.25) is 19.7 Å². The molecule has 2 aromatic carbocycles. The first-order valence-corrected chi connectivity index (χ1v) is 9.98. The summed E-state index contributed by atoms with van der Waals surface area (Å²) >= 11 is 0. The molecule has 0 heterocycles. The Balaban J connectivity index is 2.05. The van der Waals surface area contributed by atoms with Crippen LogP contribution in [0.1, 0.15) is 25.3 Å². The number of ether oxygens (including phenoxy) is 2. The third-order valence-corrected chi connectivity index (χ3v) is 4.70. The van der Waals surface area contributed by atoms with Crippen LogP contribution in [0.4, 0.5) is 16.2 Å². The van der Waals surface area contributed by atoms with Crippen LogP contribution in [0.25, 0.3) is 0 Å². The first-order valence-electron chi connectivity index (χ1n) is 9.98. The average Bonchev–Trinajstić information content (AvgIpc) is 2.77. The van der Waals surface area contributed by atoms with E-state index >= 15 is 0 Å². The van der Waals surface area contributed by atoms with Crippen LogP contribution < -0.4 is 32.0 Å². The number of primary amides is 2. The maximum atomic E-state index is 12.1. The molecule has 0 bridgehead atoms. The number of benzene rings is 2. The molecule has 0 fully saturated rings. The zero-order valence-corrected chi connectivity index (χ0v) is 17.9. The van der Waals surface area contributed by atoms with Gasteiger partial charge in [-0.25, -0.2) is 4.79 Å². The highest BCUT2D eigenvalue weighted by molar-refractivity contribution is 5.83. The first-order chi connectivity index (χ1) is 15.6. The van der Waals surface area contributed by atoms with Crippen LogP contribution in [-0.4, -0.2) is 35.0 Å². The molecule has 33 heavy (non-hydrogen) atoms. The number of hydrogen-bond acceptors (Lipinski definition) is 9. The average molecular weight is 459 g/mol. The van der Waals surface area contributed by atoms with Crippen molar-refractivity contribution in [1.82, 2.24) is 0 Å². The number of nitro groups is 1. The number of nitrogens with two attached hydrogens (primary N) is 3. The van der Waals surface area contributed by atoms with E-state index in [2.05, 4.69) is 5.32 Å². The highest BCUT2D eigenvalue weighted by Gasteiger charge is 2.20. The number of aryl methyl sites for hydroxylation is 1. The molecule has 2 aromatic rings. The second-order valence-corrected chi connectivity index (χ2v) is 7.07. The van der Waals surface area contributed by atoms with Gasteiger partial charge in [0.05, 0.1) is 11.0 Å². The van der Waals surface area contributed by atoms with Gasteiger partial charge in [0, 0.05) is 17.8 Å². The van der Waals surface area contributed by atoms with Crippen molar-refractivity contribution in [2.75, 3.05) is 5.32 Å². The van der Waals surface area contributed by atoms with Gasteiger partial charge >= 0.3 is 6.16 Å². The third-order valence-electron chi connectivity index (χ3n) is 4.70. The molecule has 2 atom stereocenters. The number of carbonyl (C=O) groups is 3. The van der Waals surface area contributed by atoms with E-state index in [1.807, 2.05) is 6.92 Å². The van der Waals surface area contributed by atoms with E-state index in [4.69, 9.17) is 26.7 Å². The van der Waals surface area contributed by atoms with E-state index in [-0.39, 0.29) is 30.0 Å². The number of amides is 2. The summed E-state index contributed by atoms with van der Waals surface area (Å²) in [5.74, 6) is -0.980. The molecule has 0 aliphatic heterocycles. The molecule has 12 heteroatoms. The second kappa shape index (κ2) is 11.4. The van der Waals surface area contributed by atoms with Crippen molar-refractivity contribution in [2.45, 2.75) is 38.3 Å². The zero-order chi connectivity index (χ0) is 24.5. The first kappa shape index (κ1) is 25.1. The third kappa shape index (κ3) is 7.47. The Morgan fingerprint density at radius 1 is 1.03 bits per heavy atom. The molecule has 0 aliphatic carbocycles. The lowest BCUT2D eigenvalue weighted by molar-refractivity contribution is -0.384. The van der Waals surface area contributed by atoms with E-state index in [0.717, 1.165) is 0 Å². The SMILES string of the molecule is CCc1cc(N[C@@H](CCC(N)C(N)=O)C(N)=O)ccc1OC(=O)Oc1ccc([N+](=O)[O-])cc1. The van der Waals surface area contributed by atoms with E-state index in [1.54, 1.807) is 12.1 Å². The molecule has 176 valence electrons. The van der Waals surface area contributed by atoms with Crippen molar-refractivity contribution >= 4 is 29.3 Å². The molecule has 0 spiro atoms. The van der Waals surface area contributed by atoms with E-state index in [9.17, 15) is 24.5 Å². The standard InChI is InChI=1S/C21H25N5O7/c1-2-12-11-13(25-17(20(24)28)9-8-16(22)19(23)27)3-10-18(12)33-21(29)32-15-6-4-14(5-7-15)26(30)31/h3-7,10-11,16-17,25H,2,8-9,22H2,1H3,(H2,23,27)(H2,24,28)/t16?,17-/m0/s1. The molecular formula is C21H25N5O7. The lowest BCUT2D eigenvalue weighted by Gasteiger charge is -2.19. The minimum absolute atomic E-state index is 0.0837. The van der Waals surface area contributed by atoms with Gasteiger partial charge in [0.25, 0.3) is 5.69 Å². The normalized spacial score (nSPS) is 12.3. The number of nitrogens with one attached hydrogen (secondary N) is 1. The van der Waals surface area contributed by atoms with E-state index in [0.29, 0.717) is 17.7 Å². The maximum absolute atomic E-state index is 12.1. The topological polar surface area (TPSA) is 203 Å². The largest absolute Gasteiger partial charge is 0.519 e. The van der Waals surface area contributed by atoms with Gasteiger partial charge in [-0.15, -0.1) is 0 Å². The Labute approximate surface area is 189 Å². The fraction of sp³-hybridized carbons (Fsp3) is 0.286. The molecule has 2 rings (SSSR count). The van der Waals surface area contributed by atoms with Crippen LogP contribution >= 0.6 is 0 Å². The lowest BCUT2D eigenvalue weighted by atomic mass is 10.0. The Kier molecular flexibility index (Phi) is 8.69. The number of nitro benzene ring substituents is 1. The number of carbonyl (C=O) groups excluding carboxylic acids is 3. The molecule has 12 nitrogen and oxygen atoms in total. The maximum Gasteiger partial charge on any atom is 0.519 e. The number of hydrogen-bond donors (Lipinski definition) is 4. The predicted octanol–water partition coefficient (Wildman–Crippen LogP) is 1.59. The van der Waals surface area contributed by atoms with Crippen molar-refractivity contribution in [3.63, 3.8) is 0 Å². The van der Waals surface area contributed by atoms with Crippen LogP contribution in [0.15, 0.2) is 42.5 Å². The summed E-state index contributed by atoms with van der Waals surface area (Å²) in [6.07, 6.45) is -0.161. The van der Waals surface area contributed by atoms with Gasteiger partial charge < -0.3 is 32.0 Å². The van der Waals surface area contributed by atoms with E-state index in [1.165, 1.54) is 30.3 Å². The summed E-state index contributed by atoms with van der Waals surface area (Å²) in [7, 11) is 0. The zero-order valence-electron chi connectivity index (χ0n) is 17.9. The molecule has 0 aliphatic rings. The van der Waals surface area contributed by atoms with E-state index < -0.39 is 35.0 Å². The number of anilines is 1. The van der Waals surface area contributed by atoms with Crippen molar-refractivity contribution in [3.05, 3.63) is 58.1 Å². The highest BCUT2D eigenvalue weighted by Crippen LogP contribution is 2.25. The van der Waals surface area contributed by atoms with Gasteiger partial charge in [0.15, 0.2) is 0 Å². The van der Waals surface area contributed by atoms with Crippen molar-refractivity contribution in [2.24, 2.45) is 17.2 Å². The van der Waals surface area contributed by atoms with Crippen LogP contribution in [0, 0.1) is 10.1 Å². The minimum atomic E-state index is -1.02. The number of nitrogens with zero attached hydrogens (tertiary/aromatic N) is 1. The second-order valence-electron chi connectivity index (χ2n) is 7.07. The molecule has 0 saturated carbocycles. The van der Waals surface area contributed by atoms with Gasteiger partial charge in [-0.2, -0.15) is 0 Å². The Morgan fingerprint density at radius 3 is 2.24 bits per heavy atom. The Bertz CT molecular complexity index is 1030. The lowest BCUT2D eigenvalue weighted by Crippen LogP contribution is -2.40. The van der Waals surface area contributed by atoms with Gasteiger partial charge in [0.2, 0.25) is 11.8 Å². The summed E-state index contributed by atoms with van der Waals surface area (Å²) in [4.78, 5) is 45.1. The minimum Gasteiger partial charge on any atom is -0.395 e. The summed E-state index contributed by atoms with van der Waals surface area (Å²) in [5.41, 5.74) is 17.2. The van der Waals surface area contributed by atoms with Crippen molar-refractivity contribution in [3.8, 4) is 11.5 Å². The van der Waals surface area contributed by atoms with Crippen LogP contribution in [0.5, 0.6) is 11.5 Å².